The summed E-state index contributed by atoms with van der Waals surface area (Å²) in [6.07, 6.45) is 1.11. The Kier molecular flexibility index (Phi) is 4.04. The minimum absolute atomic E-state index is 0.208. The van der Waals surface area contributed by atoms with Crippen molar-refractivity contribution in [2.24, 2.45) is 0 Å². The van der Waals surface area contributed by atoms with Gasteiger partial charge in [0.1, 0.15) is 17.8 Å². The lowest BCUT2D eigenvalue weighted by atomic mass is 10.0. The number of methoxy groups -OCH3 is 1. The van der Waals surface area contributed by atoms with Gasteiger partial charge in [-0.15, -0.1) is 0 Å². The molecule has 0 amide bonds. The van der Waals surface area contributed by atoms with Crippen LogP contribution in [0.5, 0.6) is 5.75 Å². The second-order valence-electron chi connectivity index (χ2n) is 6.05. The Morgan fingerprint density at radius 3 is 2.48 bits per heavy atom. The van der Waals surface area contributed by atoms with E-state index in [-0.39, 0.29) is 11.4 Å². The molecule has 1 atom stereocenters. The van der Waals surface area contributed by atoms with E-state index in [0.29, 0.717) is 11.4 Å². The van der Waals surface area contributed by atoms with E-state index in [0.717, 1.165) is 17.0 Å². The quantitative estimate of drug-likeness (QED) is 0.649. The molecule has 1 unspecified atom stereocenters. The second kappa shape index (κ2) is 6.53. The highest BCUT2D eigenvalue weighted by Gasteiger charge is 2.33. The Morgan fingerprint density at radius 1 is 1.15 bits per heavy atom. The highest BCUT2D eigenvalue weighted by Crippen LogP contribution is 2.37. The van der Waals surface area contributed by atoms with Gasteiger partial charge in [-0.25, -0.2) is 4.79 Å². The van der Waals surface area contributed by atoms with Crippen LogP contribution in [-0.4, -0.2) is 24.0 Å². The van der Waals surface area contributed by atoms with Gasteiger partial charge < -0.3 is 24.5 Å². The minimum atomic E-state index is -0.980. The van der Waals surface area contributed by atoms with Crippen molar-refractivity contribution < 1.29 is 19.1 Å². The molecule has 1 aliphatic heterocycles. The molecule has 3 aromatic rings. The van der Waals surface area contributed by atoms with Crippen molar-refractivity contribution in [3.05, 3.63) is 77.6 Å². The first-order chi connectivity index (χ1) is 13.1. The number of nitrogens with zero attached hydrogens (tertiary/aromatic N) is 1. The van der Waals surface area contributed by atoms with E-state index in [9.17, 15) is 4.79 Å². The number of aromatic carboxylic acids is 1. The lowest BCUT2D eigenvalue weighted by Gasteiger charge is -2.38. The predicted octanol–water partition coefficient (Wildman–Crippen LogP) is 3.94. The smallest absolute Gasteiger partial charge is 0.335 e. The number of fused-ring (bicyclic) bond motifs is 1. The fourth-order valence-electron chi connectivity index (χ4n) is 3.12. The molecule has 0 saturated carbocycles. The van der Waals surface area contributed by atoms with Crippen molar-refractivity contribution in [1.29, 1.82) is 5.41 Å². The molecule has 0 bridgehead atoms. The first-order valence-electron chi connectivity index (χ1n) is 8.28. The van der Waals surface area contributed by atoms with E-state index < -0.39 is 12.1 Å². The number of benzene rings is 2. The Balaban J connectivity index is 1.78. The van der Waals surface area contributed by atoms with Crippen molar-refractivity contribution >= 4 is 23.4 Å². The second-order valence-corrected chi connectivity index (χ2v) is 6.05. The summed E-state index contributed by atoms with van der Waals surface area (Å²) in [5.74, 6) is 0.542. The molecule has 0 radical (unpaired) electrons. The largest absolute Gasteiger partial charge is 0.497 e. The molecule has 0 spiro atoms. The summed E-state index contributed by atoms with van der Waals surface area (Å²) in [4.78, 5) is 13.0. The van der Waals surface area contributed by atoms with Crippen molar-refractivity contribution in [2.45, 2.75) is 6.17 Å². The van der Waals surface area contributed by atoms with Gasteiger partial charge >= 0.3 is 5.97 Å². The number of ether oxygens (including phenoxy) is 1. The third-order valence-corrected chi connectivity index (χ3v) is 4.51. The monoisotopic (exact) mass is 363 g/mol. The third-order valence-electron chi connectivity index (χ3n) is 4.51. The average Bonchev–Trinajstić information content (AvgIpc) is 3.17. The summed E-state index contributed by atoms with van der Waals surface area (Å²) in [6, 6.07) is 15.7. The SMILES string of the molecule is COc1ccc(N2C(=N)c3ccoc3NC2c2ccc(C(=O)O)cc2)cc1. The van der Waals surface area contributed by atoms with Crippen LogP contribution in [0.3, 0.4) is 0 Å². The number of carbonyl (C=O) groups is 1. The number of amidine groups is 1. The molecule has 2 aromatic carbocycles. The Labute approximate surface area is 155 Å². The van der Waals surface area contributed by atoms with Gasteiger partial charge in [0.15, 0.2) is 0 Å². The van der Waals surface area contributed by atoms with Crippen LogP contribution in [0.25, 0.3) is 0 Å². The van der Waals surface area contributed by atoms with Crippen LogP contribution < -0.4 is 15.0 Å². The summed E-state index contributed by atoms with van der Waals surface area (Å²) in [5.41, 5.74) is 2.47. The summed E-state index contributed by atoms with van der Waals surface area (Å²) in [5, 5.41) is 21.1. The number of anilines is 2. The van der Waals surface area contributed by atoms with Gasteiger partial charge in [-0.1, -0.05) is 12.1 Å². The molecule has 1 aromatic heterocycles. The normalized spacial score (nSPS) is 15.8. The third kappa shape index (κ3) is 2.89. The first kappa shape index (κ1) is 16.7. The molecule has 0 fully saturated rings. The highest BCUT2D eigenvalue weighted by atomic mass is 16.5. The maximum Gasteiger partial charge on any atom is 0.335 e. The van der Waals surface area contributed by atoms with Crippen LogP contribution in [0.4, 0.5) is 11.6 Å². The lowest BCUT2D eigenvalue weighted by Crippen LogP contribution is -2.42. The van der Waals surface area contributed by atoms with Gasteiger partial charge in [0.05, 0.1) is 24.5 Å². The standard InChI is InChI=1S/C20H17N3O4/c1-26-15-8-6-14(7-9-15)23-17(21)16-10-11-27-19(16)22-18(23)12-2-4-13(5-3-12)20(24)25/h2-11,18,21-22H,1H3,(H,24,25). The van der Waals surface area contributed by atoms with Gasteiger partial charge in [-0.05, 0) is 48.0 Å². The molecule has 7 nitrogen and oxygen atoms in total. The molecule has 2 heterocycles. The zero-order valence-corrected chi connectivity index (χ0v) is 14.5. The molecule has 3 N–H and O–H groups in total. The fourth-order valence-corrected chi connectivity index (χ4v) is 3.12. The van der Waals surface area contributed by atoms with Gasteiger partial charge in [-0.2, -0.15) is 0 Å². The molecular weight excluding hydrogens is 346 g/mol. The number of furan rings is 1. The Hall–Kier alpha value is -3.74. The van der Waals surface area contributed by atoms with Gasteiger partial charge in [0, 0.05) is 5.69 Å². The topological polar surface area (TPSA) is 98.8 Å². The number of rotatable bonds is 4. The molecular formula is C20H17N3O4. The molecule has 4 rings (SSSR count). The zero-order chi connectivity index (χ0) is 19.0. The highest BCUT2D eigenvalue weighted by molar-refractivity contribution is 6.13. The van der Waals surface area contributed by atoms with E-state index in [2.05, 4.69) is 5.32 Å². The van der Waals surface area contributed by atoms with Crippen LogP contribution >= 0.6 is 0 Å². The van der Waals surface area contributed by atoms with Gasteiger partial charge in [-0.3, -0.25) is 5.41 Å². The van der Waals surface area contributed by atoms with Gasteiger partial charge in [0.25, 0.3) is 0 Å². The van der Waals surface area contributed by atoms with Crippen molar-refractivity contribution in [1.82, 2.24) is 0 Å². The fraction of sp³-hybridized carbons (Fsp3) is 0.100. The lowest BCUT2D eigenvalue weighted by molar-refractivity contribution is 0.0697. The molecule has 0 saturated heterocycles. The summed E-state index contributed by atoms with van der Waals surface area (Å²) >= 11 is 0. The van der Waals surface area contributed by atoms with E-state index in [1.165, 1.54) is 6.26 Å². The summed E-state index contributed by atoms with van der Waals surface area (Å²) < 4.78 is 10.7. The van der Waals surface area contributed by atoms with E-state index in [4.69, 9.17) is 19.7 Å². The molecule has 27 heavy (non-hydrogen) atoms. The number of carboxylic acid groups (broad SMARTS) is 1. The van der Waals surface area contributed by atoms with Crippen LogP contribution in [0, 0.1) is 5.41 Å². The number of nitrogens with one attached hydrogen (secondary N) is 2. The maximum absolute atomic E-state index is 11.1. The maximum atomic E-state index is 11.1. The van der Waals surface area contributed by atoms with E-state index in [1.807, 2.05) is 29.2 Å². The Bertz CT molecular complexity index is 993. The van der Waals surface area contributed by atoms with Crippen molar-refractivity contribution in [3.8, 4) is 5.75 Å². The van der Waals surface area contributed by atoms with Crippen LogP contribution in [0.2, 0.25) is 0 Å². The first-order valence-corrected chi connectivity index (χ1v) is 8.28. The van der Waals surface area contributed by atoms with E-state index in [1.54, 1.807) is 37.4 Å². The molecule has 136 valence electrons. The number of carboxylic acids is 1. The van der Waals surface area contributed by atoms with Crippen LogP contribution in [-0.2, 0) is 0 Å². The Morgan fingerprint density at radius 2 is 1.85 bits per heavy atom. The molecule has 7 heteroatoms. The summed E-state index contributed by atoms with van der Waals surface area (Å²) in [7, 11) is 1.60. The van der Waals surface area contributed by atoms with Crippen LogP contribution in [0.1, 0.15) is 27.7 Å². The minimum Gasteiger partial charge on any atom is -0.497 e. The molecule has 1 aliphatic rings. The van der Waals surface area contributed by atoms with Crippen molar-refractivity contribution in [2.75, 3.05) is 17.3 Å². The molecule has 0 aliphatic carbocycles. The van der Waals surface area contributed by atoms with Crippen molar-refractivity contribution in [3.63, 3.8) is 0 Å². The summed E-state index contributed by atoms with van der Waals surface area (Å²) in [6.45, 7) is 0. The predicted molar refractivity (Wildman–Crippen MR) is 101 cm³/mol. The van der Waals surface area contributed by atoms with Gasteiger partial charge in [0.2, 0.25) is 5.88 Å². The van der Waals surface area contributed by atoms with E-state index >= 15 is 0 Å². The number of hydrogen-bond donors (Lipinski definition) is 3. The zero-order valence-electron chi connectivity index (χ0n) is 14.5. The van der Waals surface area contributed by atoms with Crippen LogP contribution in [0.15, 0.2) is 65.3 Å². The number of hydrogen-bond acceptors (Lipinski definition) is 5. The average molecular weight is 363 g/mol.